The lowest BCUT2D eigenvalue weighted by Gasteiger charge is -2.09. The second kappa shape index (κ2) is 6.57. The summed E-state index contributed by atoms with van der Waals surface area (Å²) in [4.78, 5) is 0. The Morgan fingerprint density at radius 2 is 1.63 bits per heavy atom. The molecule has 4 heteroatoms. The number of ether oxygens (including phenoxy) is 2. The molecule has 0 aliphatic rings. The van der Waals surface area contributed by atoms with Gasteiger partial charge in [-0.1, -0.05) is 12.1 Å². The summed E-state index contributed by atoms with van der Waals surface area (Å²) in [6, 6.07) is 12.2. The van der Waals surface area contributed by atoms with Crippen molar-refractivity contribution in [3.8, 4) is 11.5 Å². The van der Waals surface area contributed by atoms with Crippen LogP contribution in [0.4, 0.5) is 4.39 Å². The van der Waals surface area contributed by atoms with Crippen molar-refractivity contribution in [3.05, 3.63) is 58.3 Å². The van der Waals surface area contributed by atoms with Gasteiger partial charge in [-0.25, -0.2) is 4.39 Å². The lowest BCUT2D eigenvalue weighted by molar-refractivity contribution is 0.302. The lowest BCUT2D eigenvalue weighted by Crippen LogP contribution is -1.98. The zero-order valence-corrected chi connectivity index (χ0v) is 12.1. The van der Waals surface area contributed by atoms with Gasteiger partial charge in [-0.2, -0.15) is 0 Å². The Kier molecular flexibility index (Phi) is 4.80. The highest BCUT2D eigenvalue weighted by atomic mass is 79.9. The van der Waals surface area contributed by atoms with E-state index >= 15 is 0 Å². The Balaban J connectivity index is 2.00. The fourth-order valence-electron chi connectivity index (χ4n) is 1.62. The molecule has 100 valence electrons. The number of rotatable bonds is 5. The summed E-state index contributed by atoms with van der Waals surface area (Å²) in [5.41, 5.74) is 0.772. The molecule has 0 N–H and O–H groups in total. The first-order chi connectivity index (χ1) is 9.20. The van der Waals surface area contributed by atoms with E-state index < -0.39 is 0 Å². The highest BCUT2D eigenvalue weighted by Gasteiger charge is 2.05. The van der Waals surface area contributed by atoms with Crippen LogP contribution in [0.15, 0.2) is 46.9 Å². The van der Waals surface area contributed by atoms with Crippen molar-refractivity contribution in [2.45, 2.75) is 13.5 Å². The second-order valence-electron chi connectivity index (χ2n) is 3.91. The van der Waals surface area contributed by atoms with Gasteiger partial charge in [-0.3, -0.25) is 0 Å². The molecule has 0 unspecified atom stereocenters. The molecule has 0 aliphatic heterocycles. The highest BCUT2D eigenvalue weighted by molar-refractivity contribution is 9.10. The molecule has 2 aromatic carbocycles. The molecule has 19 heavy (non-hydrogen) atoms. The normalized spacial score (nSPS) is 10.3. The van der Waals surface area contributed by atoms with Gasteiger partial charge in [0, 0.05) is 5.56 Å². The molecule has 0 atom stereocenters. The zero-order chi connectivity index (χ0) is 13.7. The van der Waals surface area contributed by atoms with E-state index in [1.165, 1.54) is 6.07 Å². The SMILES string of the molecule is CCOc1ccc(OCc2cccc(F)c2Br)cc1. The maximum Gasteiger partial charge on any atom is 0.137 e. The van der Waals surface area contributed by atoms with E-state index in [4.69, 9.17) is 9.47 Å². The summed E-state index contributed by atoms with van der Waals surface area (Å²) in [6.07, 6.45) is 0. The van der Waals surface area contributed by atoms with Crippen molar-refractivity contribution in [3.63, 3.8) is 0 Å². The predicted molar refractivity (Wildman–Crippen MR) is 76.0 cm³/mol. The van der Waals surface area contributed by atoms with Gasteiger partial charge in [0.1, 0.15) is 23.9 Å². The Morgan fingerprint density at radius 3 is 2.26 bits per heavy atom. The predicted octanol–water partition coefficient (Wildman–Crippen LogP) is 4.57. The Bertz CT molecular complexity index is 540. The lowest BCUT2D eigenvalue weighted by atomic mass is 10.2. The number of hydrogen-bond donors (Lipinski definition) is 0. The zero-order valence-electron chi connectivity index (χ0n) is 10.5. The minimum absolute atomic E-state index is 0.284. The molecule has 0 spiro atoms. The van der Waals surface area contributed by atoms with Crippen LogP contribution in [0.3, 0.4) is 0 Å². The number of halogens is 2. The van der Waals surface area contributed by atoms with Crippen LogP contribution in [0.5, 0.6) is 11.5 Å². The quantitative estimate of drug-likeness (QED) is 0.802. The van der Waals surface area contributed by atoms with E-state index in [1.807, 2.05) is 37.3 Å². The van der Waals surface area contributed by atoms with Crippen LogP contribution in [0, 0.1) is 5.82 Å². The van der Waals surface area contributed by atoms with Crippen LogP contribution < -0.4 is 9.47 Å². The summed E-state index contributed by atoms with van der Waals surface area (Å²) in [5, 5.41) is 0. The van der Waals surface area contributed by atoms with Crippen molar-refractivity contribution in [1.82, 2.24) is 0 Å². The number of hydrogen-bond acceptors (Lipinski definition) is 2. The maximum atomic E-state index is 13.3. The standard InChI is InChI=1S/C15H14BrFO2/c1-2-18-12-6-8-13(9-7-12)19-10-11-4-3-5-14(17)15(11)16/h3-9H,2,10H2,1H3. The van der Waals surface area contributed by atoms with Gasteiger partial charge in [-0.05, 0) is 53.2 Å². The van der Waals surface area contributed by atoms with E-state index in [0.29, 0.717) is 17.7 Å². The van der Waals surface area contributed by atoms with Gasteiger partial charge in [-0.15, -0.1) is 0 Å². The van der Waals surface area contributed by atoms with E-state index in [1.54, 1.807) is 6.07 Å². The van der Waals surface area contributed by atoms with Crippen molar-refractivity contribution in [2.75, 3.05) is 6.61 Å². The van der Waals surface area contributed by atoms with Gasteiger partial charge in [0.25, 0.3) is 0 Å². The summed E-state index contributed by atoms with van der Waals surface area (Å²) in [6.45, 7) is 2.88. The molecule has 0 saturated carbocycles. The Morgan fingerprint density at radius 1 is 1.00 bits per heavy atom. The molecule has 0 saturated heterocycles. The fourth-order valence-corrected chi connectivity index (χ4v) is 2.00. The molecule has 2 rings (SSSR count). The molecule has 0 fully saturated rings. The van der Waals surface area contributed by atoms with E-state index in [9.17, 15) is 4.39 Å². The largest absolute Gasteiger partial charge is 0.494 e. The first kappa shape index (κ1) is 13.9. The van der Waals surface area contributed by atoms with Crippen LogP contribution in [-0.4, -0.2) is 6.61 Å². The summed E-state index contributed by atoms with van der Waals surface area (Å²) < 4.78 is 24.7. The van der Waals surface area contributed by atoms with Crippen molar-refractivity contribution in [2.24, 2.45) is 0 Å². The van der Waals surface area contributed by atoms with Crippen LogP contribution in [0.1, 0.15) is 12.5 Å². The molecule has 0 aliphatic carbocycles. The molecule has 2 nitrogen and oxygen atoms in total. The summed E-state index contributed by atoms with van der Waals surface area (Å²) in [7, 11) is 0. The van der Waals surface area contributed by atoms with Crippen LogP contribution >= 0.6 is 15.9 Å². The maximum absolute atomic E-state index is 13.3. The highest BCUT2D eigenvalue weighted by Crippen LogP contribution is 2.23. The van der Waals surface area contributed by atoms with Crippen molar-refractivity contribution < 1.29 is 13.9 Å². The molecular formula is C15H14BrFO2. The van der Waals surface area contributed by atoms with Crippen LogP contribution in [-0.2, 0) is 6.61 Å². The second-order valence-corrected chi connectivity index (χ2v) is 4.70. The van der Waals surface area contributed by atoms with Crippen LogP contribution in [0.25, 0.3) is 0 Å². The molecule has 0 bridgehead atoms. The summed E-state index contributed by atoms with van der Waals surface area (Å²) in [5.74, 6) is 1.24. The molecule has 0 aromatic heterocycles. The van der Waals surface area contributed by atoms with Crippen molar-refractivity contribution >= 4 is 15.9 Å². The molecular weight excluding hydrogens is 311 g/mol. The minimum atomic E-state index is -0.284. The average molecular weight is 325 g/mol. The molecule has 0 amide bonds. The summed E-state index contributed by atoms with van der Waals surface area (Å²) >= 11 is 3.21. The fraction of sp³-hybridized carbons (Fsp3) is 0.200. The van der Waals surface area contributed by atoms with Crippen molar-refractivity contribution in [1.29, 1.82) is 0 Å². The monoisotopic (exact) mass is 324 g/mol. The molecule has 0 heterocycles. The molecule has 0 radical (unpaired) electrons. The van der Waals surface area contributed by atoms with Crippen LogP contribution in [0.2, 0.25) is 0 Å². The number of benzene rings is 2. The van der Waals surface area contributed by atoms with E-state index in [-0.39, 0.29) is 5.82 Å². The molecule has 2 aromatic rings. The average Bonchev–Trinajstić information content (AvgIpc) is 2.42. The smallest absolute Gasteiger partial charge is 0.137 e. The van der Waals surface area contributed by atoms with Gasteiger partial charge >= 0.3 is 0 Å². The first-order valence-corrected chi connectivity index (χ1v) is 6.78. The van der Waals surface area contributed by atoms with Gasteiger partial charge in [0.2, 0.25) is 0 Å². The minimum Gasteiger partial charge on any atom is -0.494 e. The third-order valence-corrected chi connectivity index (χ3v) is 3.45. The first-order valence-electron chi connectivity index (χ1n) is 5.99. The third kappa shape index (κ3) is 3.70. The van der Waals surface area contributed by atoms with E-state index in [0.717, 1.165) is 17.1 Å². The van der Waals surface area contributed by atoms with Gasteiger partial charge < -0.3 is 9.47 Å². The van der Waals surface area contributed by atoms with Gasteiger partial charge in [0.15, 0.2) is 0 Å². The van der Waals surface area contributed by atoms with E-state index in [2.05, 4.69) is 15.9 Å². The van der Waals surface area contributed by atoms with Gasteiger partial charge in [0.05, 0.1) is 11.1 Å². The topological polar surface area (TPSA) is 18.5 Å². The Hall–Kier alpha value is -1.55. The Labute approximate surface area is 120 Å². The third-order valence-electron chi connectivity index (χ3n) is 2.56.